The summed E-state index contributed by atoms with van der Waals surface area (Å²) in [5.41, 5.74) is 1.90. The van der Waals surface area contributed by atoms with E-state index in [0.717, 1.165) is 29.7 Å². The molecule has 1 heterocycles. The lowest BCUT2D eigenvalue weighted by molar-refractivity contribution is -0.102. The first-order chi connectivity index (χ1) is 14.1. The van der Waals surface area contributed by atoms with Crippen LogP contribution < -0.4 is 4.74 Å². The van der Waals surface area contributed by atoms with Crippen LogP contribution in [-0.2, 0) is 21.7 Å². The third kappa shape index (κ3) is 4.47. The Balaban J connectivity index is 1.47. The molecule has 152 valence electrons. The van der Waals surface area contributed by atoms with Crippen molar-refractivity contribution < 1.29 is 14.2 Å². The van der Waals surface area contributed by atoms with Crippen molar-refractivity contribution in [2.24, 2.45) is 5.92 Å². The van der Waals surface area contributed by atoms with E-state index in [1.165, 1.54) is 10.8 Å². The SMILES string of the molecule is CCC1(c2cccc(OCc3ccc4ccccc4c3)c2)COC(CC(C)C)O1. The molecule has 0 amide bonds. The van der Waals surface area contributed by atoms with Crippen LogP contribution in [0.25, 0.3) is 10.8 Å². The summed E-state index contributed by atoms with van der Waals surface area (Å²) in [6.07, 6.45) is 1.66. The standard InChI is InChI=1S/C26H30O3/c1-4-26(18-28-25(29-26)14-19(2)3)23-10-7-11-24(16-23)27-17-20-12-13-21-8-5-6-9-22(21)15-20/h5-13,15-16,19,25H,4,14,17-18H2,1-3H3. The summed E-state index contributed by atoms with van der Waals surface area (Å²) >= 11 is 0. The van der Waals surface area contributed by atoms with Crippen molar-refractivity contribution in [1.82, 2.24) is 0 Å². The number of fused-ring (bicyclic) bond motifs is 1. The summed E-state index contributed by atoms with van der Waals surface area (Å²) in [4.78, 5) is 0. The maximum atomic E-state index is 6.38. The Labute approximate surface area is 173 Å². The summed E-state index contributed by atoms with van der Waals surface area (Å²) in [7, 11) is 0. The van der Waals surface area contributed by atoms with Gasteiger partial charge in [-0.1, -0.05) is 69.3 Å². The average molecular weight is 391 g/mol. The number of hydrogen-bond acceptors (Lipinski definition) is 3. The molecule has 2 atom stereocenters. The van der Waals surface area contributed by atoms with Crippen molar-refractivity contribution in [2.45, 2.75) is 52.1 Å². The third-order valence-corrected chi connectivity index (χ3v) is 5.67. The van der Waals surface area contributed by atoms with Crippen LogP contribution in [0.15, 0.2) is 66.7 Å². The highest BCUT2D eigenvalue weighted by Crippen LogP contribution is 2.39. The second-order valence-corrected chi connectivity index (χ2v) is 8.33. The third-order valence-electron chi connectivity index (χ3n) is 5.67. The molecule has 3 aromatic rings. The van der Waals surface area contributed by atoms with Gasteiger partial charge in [0.25, 0.3) is 0 Å². The minimum Gasteiger partial charge on any atom is -0.489 e. The maximum absolute atomic E-state index is 6.38. The Hall–Kier alpha value is -2.36. The Kier molecular flexibility index (Phi) is 5.89. The van der Waals surface area contributed by atoms with Crippen molar-refractivity contribution in [1.29, 1.82) is 0 Å². The van der Waals surface area contributed by atoms with Crippen LogP contribution in [0.2, 0.25) is 0 Å². The molecule has 29 heavy (non-hydrogen) atoms. The van der Waals surface area contributed by atoms with Gasteiger partial charge in [0.1, 0.15) is 18.0 Å². The molecule has 4 rings (SSSR count). The van der Waals surface area contributed by atoms with E-state index in [4.69, 9.17) is 14.2 Å². The molecular formula is C26H30O3. The van der Waals surface area contributed by atoms with Crippen molar-refractivity contribution in [3.63, 3.8) is 0 Å². The summed E-state index contributed by atoms with van der Waals surface area (Å²) < 4.78 is 18.5. The maximum Gasteiger partial charge on any atom is 0.159 e. The molecule has 0 N–H and O–H groups in total. The van der Waals surface area contributed by atoms with Gasteiger partial charge in [-0.3, -0.25) is 0 Å². The van der Waals surface area contributed by atoms with Gasteiger partial charge in [-0.15, -0.1) is 0 Å². The lowest BCUT2D eigenvalue weighted by Crippen LogP contribution is -2.28. The molecule has 3 aromatic carbocycles. The van der Waals surface area contributed by atoms with Crippen molar-refractivity contribution in [3.8, 4) is 5.75 Å². The molecule has 0 aromatic heterocycles. The van der Waals surface area contributed by atoms with Gasteiger partial charge in [0.15, 0.2) is 6.29 Å². The van der Waals surface area contributed by atoms with Crippen LogP contribution in [0.4, 0.5) is 0 Å². The van der Waals surface area contributed by atoms with Gasteiger partial charge >= 0.3 is 0 Å². The molecule has 0 aliphatic carbocycles. The number of rotatable bonds is 7. The normalized spacial score (nSPS) is 21.7. The molecular weight excluding hydrogens is 360 g/mol. The monoisotopic (exact) mass is 390 g/mol. The van der Waals surface area contributed by atoms with Crippen molar-refractivity contribution >= 4 is 10.8 Å². The molecule has 1 fully saturated rings. The molecule has 2 unspecified atom stereocenters. The zero-order valence-corrected chi connectivity index (χ0v) is 17.6. The van der Waals surface area contributed by atoms with Gasteiger partial charge in [0.05, 0.1) is 6.61 Å². The van der Waals surface area contributed by atoms with E-state index in [0.29, 0.717) is 19.1 Å². The number of hydrogen-bond donors (Lipinski definition) is 0. The Morgan fingerprint density at radius 1 is 1.00 bits per heavy atom. The fraction of sp³-hybridized carbons (Fsp3) is 0.385. The predicted octanol–water partition coefficient (Wildman–Crippen LogP) is 6.44. The first kappa shape index (κ1) is 19.9. The highest BCUT2D eigenvalue weighted by Gasteiger charge is 2.41. The molecule has 0 bridgehead atoms. The fourth-order valence-electron chi connectivity index (χ4n) is 3.95. The van der Waals surface area contributed by atoms with Gasteiger partial charge in [0.2, 0.25) is 0 Å². The van der Waals surface area contributed by atoms with Crippen molar-refractivity contribution in [3.05, 3.63) is 77.9 Å². The smallest absolute Gasteiger partial charge is 0.159 e. The molecule has 3 heteroatoms. The van der Waals surface area contributed by atoms with Crippen LogP contribution in [0, 0.1) is 5.92 Å². The second kappa shape index (κ2) is 8.56. The van der Waals surface area contributed by atoms with Gasteiger partial charge in [-0.25, -0.2) is 0 Å². The van der Waals surface area contributed by atoms with Crippen LogP contribution in [0.1, 0.15) is 44.7 Å². The highest BCUT2D eigenvalue weighted by atomic mass is 16.7. The molecule has 3 nitrogen and oxygen atoms in total. The molecule has 0 spiro atoms. The Morgan fingerprint density at radius 3 is 2.62 bits per heavy atom. The topological polar surface area (TPSA) is 27.7 Å². The molecule has 0 saturated carbocycles. The Bertz CT molecular complexity index is 965. The minimum atomic E-state index is -0.387. The minimum absolute atomic E-state index is 0.128. The van der Waals surface area contributed by atoms with Crippen molar-refractivity contribution in [2.75, 3.05) is 6.61 Å². The second-order valence-electron chi connectivity index (χ2n) is 8.33. The summed E-state index contributed by atoms with van der Waals surface area (Å²) in [5, 5.41) is 2.48. The van der Waals surface area contributed by atoms with Crippen LogP contribution in [-0.4, -0.2) is 12.9 Å². The van der Waals surface area contributed by atoms with E-state index in [-0.39, 0.29) is 11.9 Å². The number of benzene rings is 3. The molecule has 0 radical (unpaired) electrons. The molecule has 1 aliphatic rings. The van der Waals surface area contributed by atoms with Crippen LogP contribution in [0.5, 0.6) is 5.75 Å². The van der Waals surface area contributed by atoms with Gasteiger partial charge < -0.3 is 14.2 Å². The fourth-order valence-corrected chi connectivity index (χ4v) is 3.95. The van der Waals surface area contributed by atoms with E-state index in [9.17, 15) is 0 Å². The largest absolute Gasteiger partial charge is 0.489 e. The first-order valence-corrected chi connectivity index (χ1v) is 10.6. The van der Waals surface area contributed by atoms with E-state index in [1.54, 1.807) is 0 Å². The van der Waals surface area contributed by atoms with Gasteiger partial charge in [-0.05, 0) is 52.4 Å². The van der Waals surface area contributed by atoms with E-state index >= 15 is 0 Å². The Morgan fingerprint density at radius 2 is 1.83 bits per heavy atom. The predicted molar refractivity (Wildman–Crippen MR) is 117 cm³/mol. The van der Waals surface area contributed by atoms with Gasteiger partial charge in [0, 0.05) is 6.42 Å². The lowest BCUT2D eigenvalue weighted by atomic mass is 9.92. The summed E-state index contributed by atoms with van der Waals surface area (Å²) in [6, 6.07) is 23.1. The first-order valence-electron chi connectivity index (χ1n) is 10.6. The average Bonchev–Trinajstić information content (AvgIpc) is 3.16. The van der Waals surface area contributed by atoms with E-state index in [2.05, 4.69) is 75.4 Å². The van der Waals surface area contributed by atoms with Crippen LogP contribution in [0.3, 0.4) is 0 Å². The molecule has 1 aliphatic heterocycles. The quantitative estimate of drug-likeness (QED) is 0.464. The van der Waals surface area contributed by atoms with Crippen LogP contribution >= 0.6 is 0 Å². The molecule has 1 saturated heterocycles. The number of ether oxygens (including phenoxy) is 3. The zero-order valence-electron chi connectivity index (χ0n) is 17.6. The summed E-state index contributed by atoms with van der Waals surface area (Å²) in [5.74, 6) is 1.41. The van der Waals surface area contributed by atoms with E-state index in [1.807, 2.05) is 12.1 Å². The lowest BCUT2D eigenvalue weighted by Gasteiger charge is -2.27. The highest BCUT2D eigenvalue weighted by molar-refractivity contribution is 5.82. The zero-order chi connectivity index (χ0) is 20.3. The van der Waals surface area contributed by atoms with Gasteiger partial charge in [-0.2, -0.15) is 0 Å². The van der Waals surface area contributed by atoms with E-state index < -0.39 is 0 Å². The summed E-state index contributed by atoms with van der Waals surface area (Å²) in [6.45, 7) is 7.68.